The van der Waals surface area contributed by atoms with Crippen molar-refractivity contribution in [1.29, 1.82) is 0 Å². The maximum absolute atomic E-state index is 11.4. The molecule has 0 spiro atoms. The normalized spacial score (nSPS) is 13.8. The number of rotatable bonds is 5. The van der Waals surface area contributed by atoms with Crippen molar-refractivity contribution in [2.45, 2.75) is 6.92 Å². The molecule has 0 unspecified atom stereocenters. The first-order valence-corrected chi connectivity index (χ1v) is 7.36. The van der Waals surface area contributed by atoms with Gasteiger partial charge in [0.15, 0.2) is 11.5 Å². The molecule has 1 heterocycles. The van der Waals surface area contributed by atoms with Crippen LogP contribution in [-0.4, -0.2) is 31.1 Å². The molecular formula is C14H15BrO5. The molecule has 0 fully saturated rings. The lowest BCUT2D eigenvalue weighted by Gasteiger charge is -2.19. The zero-order valence-electron chi connectivity index (χ0n) is 11.1. The van der Waals surface area contributed by atoms with Crippen molar-refractivity contribution < 1.29 is 23.7 Å². The summed E-state index contributed by atoms with van der Waals surface area (Å²) in [7, 11) is 0. The highest BCUT2D eigenvalue weighted by atomic mass is 79.9. The van der Waals surface area contributed by atoms with E-state index < -0.39 is 5.97 Å². The molecule has 0 radical (unpaired) electrons. The second kappa shape index (κ2) is 7.19. The van der Waals surface area contributed by atoms with Gasteiger partial charge in [-0.2, -0.15) is 0 Å². The Balaban J connectivity index is 2.09. The Morgan fingerprint density at radius 3 is 2.80 bits per heavy atom. The Bertz CT molecular complexity index is 512. The topological polar surface area (TPSA) is 54.0 Å². The fourth-order valence-electron chi connectivity index (χ4n) is 1.65. The Hall–Kier alpha value is -1.69. The summed E-state index contributed by atoms with van der Waals surface area (Å²) >= 11 is 3.27. The van der Waals surface area contributed by atoms with E-state index in [2.05, 4.69) is 15.9 Å². The van der Waals surface area contributed by atoms with Crippen LogP contribution in [0.25, 0.3) is 0 Å². The number of alkyl halides is 1. The predicted octanol–water partition coefficient (Wildman–Crippen LogP) is 2.68. The quantitative estimate of drug-likeness (QED) is 0.356. The fourth-order valence-corrected chi connectivity index (χ4v) is 1.93. The zero-order chi connectivity index (χ0) is 14.4. The van der Waals surface area contributed by atoms with E-state index in [1.54, 1.807) is 25.1 Å². The molecule has 2 rings (SSSR count). The molecule has 6 heteroatoms. The highest BCUT2D eigenvalue weighted by Crippen LogP contribution is 2.34. The van der Waals surface area contributed by atoms with Crippen LogP contribution < -0.4 is 14.2 Å². The van der Waals surface area contributed by atoms with Gasteiger partial charge in [-0.15, -0.1) is 0 Å². The first-order chi connectivity index (χ1) is 9.72. The van der Waals surface area contributed by atoms with Crippen LogP contribution in [0.1, 0.15) is 6.92 Å². The molecule has 5 nitrogen and oxygen atoms in total. The highest BCUT2D eigenvalue weighted by Gasteiger charge is 2.13. The Morgan fingerprint density at radius 2 is 2.10 bits per heavy atom. The van der Waals surface area contributed by atoms with Gasteiger partial charge in [0.1, 0.15) is 24.7 Å². The van der Waals surface area contributed by atoms with Crippen LogP contribution in [-0.2, 0) is 9.53 Å². The maximum atomic E-state index is 11.4. The molecule has 108 valence electrons. The molecular weight excluding hydrogens is 328 g/mol. The summed E-state index contributed by atoms with van der Waals surface area (Å²) < 4.78 is 21.4. The predicted molar refractivity (Wildman–Crippen MR) is 76.6 cm³/mol. The smallest absolute Gasteiger partial charge is 0.334 e. The second-order valence-corrected chi connectivity index (χ2v) is 4.46. The average molecular weight is 343 g/mol. The zero-order valence-corrected chi connectivity index (χ0v) is 12.6. The van der Waals surface area contributed by atoms with E-state index in [1.807, 2.05) is 0 Å². The van der Waals surface area contributed by atoms with Crippen LogP contribution in [0.5, 0.6) is 17.2 Å². The molecule has 1 aromatic carbocycles. The molecule has 0 atom stereocenters. The SMILES string of the molecule is CCOC(=O)/C=C(/CBr)Oc1ccc2c(c1)OCCO2. The Labute approximate surface area is 125 Å². The van der Waals surface area contributed by atoms with Crippen LogP contribution in [0.2, 0.25) is 0 Å². The van der Waals surface area contributed by atoms with E-state index in [0.29, 0.717) is 48.2 Å². The van der Waals surface area contributed by atoms with E-state index in [1.165, 1.54) is 6.08 Å². The van der Waals surface area contributed by atoms with Crippen molar-refractivity contribution in [2.24, 2.45) is 0 Å². The number of benzene rings is 1. The van der Waals surface area contributed by atoms with Gasteiger partial charge in [0.25, 0.3) is 0 Å². The monoisotopic (exact) mass is 342 g/mol. The van der Waals surface area contributed by atoms with E-state index in [9.17, 15) is 4.79 Å². The molecule has 0 saturated carbocycles. The number of esters is 1. The van der Waals surface area contributed by atoms with Crippen molar-refractivity contribution >= 4 is 21.9 Å². The highest BCUT2D eigenvalue weighted by molar-refractivity contribution is 9.09. The van der Waals surface area contributed by atoms with Gasteiger partial charge < -0.3 is 18.9 Å². The van der Waals surface area contributed by atoms with Crippen LogP contribution in [0.3, 0.4) is 0 Å². The minimum Gasteiger partial charge on any atom is -0.486 e. The number of hydrogen-bond donors (Lipinski definition) is 0. The van der Waals surface area contributed by atoms with Crippen molar-refractivity contribution in [2.75, 3.05) is 25.2 Å². The lowest BCUT2D eigenvalue weighted by atomic mass is 10.3. The molecule has 0 aliphatic carbocycles. The van der Waals surface area contributed by atoms with Gasteiger partial charge in [0, 0.05) is 6.07 Å². The standard InChI is InChI=1S/C14H15BrO5/c1-2-17-14(16)8-11(9-15)20-10-3-4-12-13(7-10)19-6-5-18-12/h3-4,7-8H,2,5-6,9H2,1H3/b11-8-. The van der Waals surface area contributed by atoms with Gasteiger partial charge in [0.05, 0.1) is 18.0 Å². The lowest BCUT2D eigenvalue weighted by molar-refractivity contribution is -0.137. The lowest BCUT2D eigenvalue weighted by Crippen LogP contribution is -2.15. The van der Waals surface area contributed by atoms with Gasteiger partial charge in [-0.1, -0.05) is 15.9 Å². The molecule has 0 saturated heterocycles. The summed E-state index contributed by atoms with van der Waals surface area (Å²) in [6.45, 7) is 3.14. The third-order valence-electron chi connectivity index (χ3n) is 2.46. The number of carbonyl (C=O) groups is 1. The molecule has 20 heavy (non-hydrogen) atoms. The van der Waals surface area contributed by atoms with Gasteiger partial charge in [-0.3, -0.25) is 0 Å². The molecule has 0 aromatic heterocycles. The molecule has 0 N–H and O–H groups in total. The van der Waals surface area contributed by atoms with Gasteiger partial charge in [0.2, 0.25) is 0 Å². The maximum Gasteiger partial charge on any atom is 0.334 e. The van der Waals surface area contributed by atoms with Gasteiger partial charge >= 0.3 is 5.97 Å². The summed E-state index contributed by atoms with van der Waals surface area (Å²) in [5.74, 6) is 1.93. The van der Waals surface area contributed by atoms with Crippen molar-refractivity contribution in [3.8, 4) is 17.2 Å². The summed E-state index contributed by atoms with van der Waals surface area (Å²) in [5, 5.41) is 0.403. The summed E-state index contributed by atoms with van der Waals surface area (Å²) in [4.78, 5) is 11.4. The third kappa shape index (κ3) is 3.90. The summed E-state index contributed by atoms with van der Waals surface area (Å²) in [6.07, 6.45) is 1.31. The number of hydrogen-bond acceptors (Lipinski definition) is 5. The summed E-state index contributed by atoms with van der Waals surface area (Å²) in [5.41, 5.74) is 0. The number of carbonyl (C=O) groups excluding carboxylic acids is 1. The molecule has 0 amide bonds. The Morgan fingerprint density at radius 1 is 1.35 bits per heavy atom. The van der Waals surface area contributed by atoms with Gasteiger partial charge in [-0.25, -0.2) is 4.79 Å². The molecule has 1 aromatic rings. The van der Waals surface area contributed by atoms with Crippen LogP contribution >= 0.6 is 15.9 Å². The fraction of sp³-hybridized carbons (Fsp3) is 0.357. The minimum atomic E-state index is -0.431. The second-order valence-electron chi connectivity index (χ2n) is 3.90. The third-order valence-corrected chi connectivity index (χ3v) is 3.01. The van der Waals surface area contributed by atoms with Crippen LogP contribution in [0, 0.1) is 0 Å². The number of fused-ring (bicyclic) bond motifs is 1. The van der Waals surface area contributed by atoms with Gasteiger partial charge in [-0.05, 0) is 19.1 Å². The summed E-state index contributed by atoms with van der Waals surface area (Å²) in [6, 6.07) is 5.27. The largest absolute Gasteiger partial charge is 0.486 e. The molecule has 1 aliphatic rings. The van der Waals surface area contributed by atoms with Crippen molar-refractivity contribution in [1.82, 2.24) is 0 Å². The van der Waals surface area contributed by atoms with Crippen molar-refractivity contribution in [3.63, 3.8) is 0 Å². The number of ether oxygens (including phenoxy) is 4. The number of halogens is 1. The van der Waals surface area contributed by atoms with E-state index in [0.717, 1.165) is 0 Å². The Kier molecular flexibility index (Phi) is 5.29. The van der Waals surface area contributed by atoms with Crippen molar-refractivity contribution in [3.05, 3.63) is 30.0 Å². The van der Waals surface area contributed by atoms with Crippen LogP contribution in [0.4, 0.5) is 0 Å². The number of allylic oxidation sites excluding steroid dienone is 1. The van der Waals surface area contributed by atoms with E-state index >= 15 is 0 Å². The average Bonchev–Trinajstić information content (AvgIpc) is 2.46. The molecule has 0 bridgehead atoms. The van der Waals surface area contributed by atoms with Crippen LogP contribution in [0.15, 0.2) is 30.0 Å². The molecule has 1 aliphatic heterocycles. The van der Waals surface area contributed by atoms with E-state index in [4.69, 9.17) is 18.9 Å². The van der Waals surface area contributed by atoms with E-state index in [-0.39, 0.29) is 0 Å². The first kappa shape index (κ1) is 14.7. The first-order valence-electron chi connectivity index (χ1n) is 6.23. The minimum absolute atomic E-state index is 0.328.